The minimum absolute atomic E-state index is 0.0418. The van der Waals surface area contributed by atoms with E-state index in [4.69, 9.17) is 4.74 Å². The minimum Gasteiger partial charge on any atom is -0.497 e. The SMILES string of the molecule is COc1cccc(-c2ccc(=O)n(CCCC(=O)N3CCN(c4ccccc4F)CC3)n2)c1. The van der Waals surface area contributed by atoms with Crippen molar-refractivity contribution < 1.29 is 13.9 Å². The van der Waals surface area contributed by atoms with Crippen molar-refractivity contribution in [1.82, 2.24) is 14.7 Å². The molecule has 0 N–H and O–H groups in total. The Hall–Kier alpha value is -3.68. The largest absolute Gasteiger partial charge is 0.497 e. The molecule has 1 fully saturated rings. The Morgan fingerprint density at radius 3 is 2.58 bits per heavy atom. The van der Waals surface area contributed by atoms with Crippen LogP contribution in [0, 0.1) is 5.82 Å². The van der Waals surface area contributed by atoms with E-state index in [1.54, 1.807) is 30.2 Å². The molecule has 1 aliphatic rings. The summed E-state index contributed by atoms with van der Waals surface area (Å²) < 4.78 is 20.7. The summed E-state index contributed by atoms with van der Waals surface area (Å²) in [6.07, 6.45) is 0.845. The van der Waals surface area contributed by atoms with E-state index in [2.05, 4.69) is 5.10 Å². The molecule has 7 nitrogen and oxygen atoms in total. The first-order valence-corrected chi connectivity index (χ1v) is 11.0. The molecule has 1 saturated heterocycles. The van der Waals surface area contributed by atoms with Crippen LogP contribution < -0.4 is 15.2 Å². The van der Waals surface area contributed by atoms with Crippen LogP contribution in [0.3, 0.4) is 0 Å². The number of hydrogen-bond donors (Lipinski definition) is 0. The van der Waals surface area contributed by atoms with Crippen LogP contribution in [0.15, 0.2) is 65.5 Å². The lowest BCUT2D eigenvalue weighted by Gasteiger charge is -2.36. The van der Waals surface area contributed by atoms with Gasteiger partial charge >= 0.3 is 0 Å². The van der Waals surface area contributed by atoms with E-state index in [1.807, 2.05) is 35.2 Å². The number of rotatable bonds is 7. The first-order chi connectivity index (χ1) is 16.0. The van der Waals surface area contributed by atoms with Gasteiger partial charge in [-0.2, -0.15) is 5.10 Å². The van der Waals surface area contributed by atoms with E-state index < -0.39 is 0 Å². The van der Waals surface area contributed by atoms with Gasteiger partial charge in [-0.05, 0) is 36.8 Å². The quantitative estimate of drug-likeness (QED) is 0.553. The molecule has 2 heterocycles. The summed E-state index contributed by atoms with van der Waals surface area (Å²) in [5, 5.41) is 4.46. The van der Waals surface area contributed by atoms with Gasteiger partial charge in [0.05, 0.1) is 18.5 Å². The zero-order chi connectivity index (χ0) is 23.2. The third-order valence-corrected chi connectivity index (χ3v) is 5.82. The highest BCUT2D eigenvalue weighted by Gasteiger charge is 2.22. The summed E-state index contributed by atoms with van der Waals surface area (Å²) >= 11 is 0. The molecule has 1 amide bonds. The van der Waals surface area contributed by atoms with Crippen LogP contribution >= 0.6 is 0 Å². The van der Waals surface area contributed by atoms with Crippen LogP contribution in [-0.4, -0.2) is 53.9 Å². The van der Waals surface area contributed by atoms with Crippen LogP contribution in [-0.2, 0) is 11.3 Å². The van der Waals surface area contributed by atoms with Crippen LogP contribution in [0.25, 0.3) is 11.3 Å². The lowest BCUT2D eigenvalue weighted by molar-refractivity contribution is -0.131. The summed E-state index contributed by atoms with van der Waals surface area (Å²) in [4.78, 5) is 28.7. The van der Waals surface area contributed by atoms with Gasteiger partial charge in [-0.15, -0.1) is 0 Å². The van der Waals surface area contributed by atoms with Crippen LogP contribution in [0.5, 0.6) is 5.75 Å². The van der Waals surface area contributed by atoms with E-state index in [1.165, 1.54) is 16.8 Å². The number of piperazine rings is 1. The first kappa shape index (κ1) is 22.5. The Morgan fingerprint density at radius 2 is 1.82 bits per heavy atom. The number of para-hydroxylation sites is 1. The summed E-state index contributed by atoms with van der Waals surface area (Å²) in [5.41, 5.74) is 1.90. The molecule has 0 aliphatic carbocycles. The number of aromatic nitrogens is 2. The highest BCUT2D eigenvalue weighted by atomic mass is 19.1. The number of nitrogens with zero attached hydrogens (tertiary/aromatic N) is 4. The maximum Gasteiger partial charge on any atom is 0.266 e. The van der Waals surface area contributed by atoms with Crippen molar-refractivity contribution in [1.29, 1.82) is 0 Å². The number of aryl methyl sites for hydroxylation is 1. The Balaban J connectivity index is 1.31. The fourth-order valence-corrected chi connectivity index (χ4v) is 3.99. The Kier molecular flexibility index (Phi) is 7.02. The zero-order valence-electron chi connectivity index (χ0n) is 18.6. The molecule has 3 aromatic rings. The van der Waals surface area contributed by atoms with Crippen molar-refractivity contribution in [2.45, 2.75) is 19.4 Å². The van der Waals surface area contributed by atoms with E-state index >= 15 is 0 Å². The van der Waals surface area contributed by atoms with Crippen molar-refractivity contribution in [2.75, 3.05) is 38.2 Å². The number of carbonyl (C=O) groups excluding carboxylic acids is 1. The maximum atomic E-state index is 14.0. The topological polar surface area (TPSA) is 67.7 Å². The van der Waals surface area contributed by atoms with Crippen molar-refractivity contribution in [3.8, 4) is 17.0 Å². The Morgan fingerprint density at radius 1 is 1.03 bits per heavy atom. The van der Waals surface area contributed by atoms with Gasteiger partial charge in [0.2, 0.25) is 5.91 Å². The molecule has 1 aliphatic heterocycles. The number of amides is 1. The second-order valence-corrected chi connectivity index (χ2v) is 7.93. The predicted molar refractivity (Wildman–Crippen MR) is 125 cm³/mol. The predicted octanol–water partition coefficient (Wildman–Crippen LogP) is 3.19. The van der Waals surface area contributed by atoms with Gasteiger partial charge in [-0.3, -0.25) is 9.59 Å². The fourth-order valence-electron chi connectivity index (χ4n) is 3.99. The average Bonchev–Trinajstić information content (AvgIpc) is 2.85. The number of ether oxygens (including phenoxy) is 1. The standard InChI is InChI=1S/C25H27FN4O3/c1-33-20-7-4-6-19(18-20)22-11-12-25(32)30(27-22)13-5-10-24(31)29-16-14-28(15-17-29)23-9-3-2-8-21(23)26/h2-4,6-9,11-12,18H,5,10,13-17H2,1H3. The van der Waals surface area contributed by atoms with Crippen LogP contribution in [0.2, 0.25) is 0 Å². The number of anilines is 1. The highest BCUT2D eigenvalue weighted by Crippen LogP contribution is 2.22. The molecule has 0 bridgehead atoms. The number of benzene rings is 2. The van der Waals surface area contributed by atoms with E-state index in [0.29, 0.717) is 62.7 Å². The van der Waals surface area contributed by atoms with Crippen LogP contribution in [0.1, 0.15) is 12.8 Å². The summed E-state index contributed by atoms with van der Waals surface area (Å²) in [6.45, 7) is 2.65. The van der Waals surface area contributed by atoms with Gasteiger partial charge in [0, 0.05) is 50.8 Å². The normalized spacial score (nSPS) is 13.8. The van der Waals surface area contributed by atoms with E-state index in [-0.39, 0.29) is 17.3 Å². The Bertz CT molecular complexity index is 1170. The maximum absolute atomic E-state index is 14.0. The molecule has 0 radical (unpaired) electrons. The molecular formula is C25H27FN4O3. The van der Waals surface area contributed by atoms with Gasteiger partial charge in [-0.25, -0.2) is 9.07 Å². The molecule has 0 spiro atoms. The molecule has 2 aromatic carbocycles. The molecule has 33 heavy (non-hydrogen) atoms. The molecule has 0 atom stereocenters. The van der Waals surface area contributed by atoms with Crippen molar-refractivity contribution in [3.05, 3.63) is 76.8 Å². The monoisotopic (exact) mass is 450 g/mol. The Labute approximate surface area is 192 Å². The number of methoxy groups -OCH3 is 1. The second kappa shape index (κ2) is 10.3. The van der Waals surface area contributed by atoms with Crippen molar-refractivity contribution >= 4 is 11.6 Å². The van der Waals surface area contributed by atoms with E-state index in [9.17, 15) is 14.0 Å². The van der Waals surface area contributed by atoms with Crippen molar-refractivity contribution in [3.63, 3.8) is 0 Å². The average molecular weight is 451 g/mol. The summed E-state index contributed by atoms with van der Waals surface area (Å²) in [5.74, 6) is 0.513. The smallest absolute Gasteiger partial charge is 0.266 e. The number of hydrogen-bond acceptors (Lipinski definition) is 5. The molecule has 4 rings (SSSR count). The highest BCUT2D eigenvalue weighted by molar-refractivity contribution is 5.76. The summed E-state index contributed by atoms with van der Waals surface area (Å²) in [6, 6.07) is 17.4. The molecule has 0 saturated carbocycles. The molecular weight excluding hydrogens is 423 g/mol. The lowest BCUT2D eigenvalue weighted by atomic mass is 10.1. The molecule has 0 unspecified atom stereocenters. The number of carbonyl (C=O) groups is 1. The number of halogens is 1. The fraction of sp³-hybridized carbons (Fsp3) is 0.320. The third kappa shape index (κ3) is 5.39. The summed E-state index contributed by atoms with van der Waals surface area (Å²) in [7, 11) is 1.60. The van der Waals surface area contributed by atoms with Gasteiger partial charge in [0.15, 0.2) is 0 Å². The van der Waals surface area contributed by atoms with Gasteiger partial charge in [-0.1, -0.05) is 24.3 Å². The van der Waals surface area contributed by atoms with E-state index in [0.717, 1.165) is 5.56 Å². The lowest BCUT2D eigenvalue weighted by Crippen LogP contribution is -2.49. The van der Waals surface area contributed by atoms with Crippen molar-refractivity contribution in [2.24, 2.45) is 0 Å². The van der Waals surface area contributed by atoms with Gasteiger partial charge in [0.1, 0.15) is 11.6 Å². The first-order valence-electron chi connectivity index (χ1n) is 11.0. The minimum atomic E-state index is -0.244. The molecule has 8 heteroatoms. The molecule has 172 valence electrons. The molecule has 1 aromatic heterocycles. The third-order valence-electron chi connectivity index (χ3n) is 5.82. The van der Waals surface area contributed by atoms with Gasteiger partial charge in [0.25, 0.3) is 5.56 Å². The van der Waals surface area contributed by atoms with Gasteiger partial charge < -0.3 is 14.5 Å². The zero-order valence-corrected chi connectivity index (χ0v) is 18.6. The second-order valence-electron chi connectivity index (χ2n) is 7.93. The van der Waals surface area contributed by atoms with Crippen LogP contribution in [0.4, 0.5) is 10.1 Å².